The van der Waals surface area contributed by atoms with Gasteiger partial charge in [-0.25, -0.2) is 0 Å². The van der Waals surface area contributed by atoms with E-state index >= 15 is 0 Å². The van der Waals surface area contributed by atoms with Gasteiger partial charge in [0.1, 0.15) is 0 Å². The van der Waals surface area contributed by atoms with Crippen LogP contribution in [0.4, 0.5) is 11.4 Å². The van der Waals surface area contributed by atoms with E-state index in [2.05, 4.69) is 37.2 Å². The quantitative estimate of drug-likeness (QED) is 0.757. The number of hydrogen-bond acceptors (Lipinski definition) is 2. The van der Waals surface area contributed by atoms with Crippen LogP contribution >= 0.6 is 31.9 Å². The van der Waals surface area contributed by atoms with Crippen molar-refractivity contribution in [1.29, 1.82) is 0 Å². The van der Waals surface area contributed by atoms with Gasteiger partial charge >= 0.3 is 0 Å². The number of halogens is 2. The molecule has 2 aromatic carbocycles. The van der Waals surface area contributed by atoms with Gasteiger partial charge in [0.15, 0.2) is 0 Å². The largest absolute Gasteiger partial charge is 0.399 e. The Bertz CT molecular complexity index is 621. The van der Waals surface area contributed by atoms with Crippen molar-refractivity contribution in [2.24, 2.45) is 0 Å². The smallest absolute Gasteiger partial charge is 0.255 e. The van der Waals surface area contributed by atoms with Gasteiger partial charge in [0.05, 0.1) is 5.69 Å². The number of nitrogen functional groups attached to an aromatic ring is 1. The Morgan fingerprint density at radius 3 is 2.58 bits per heavy atom. The molecule has 0 aliphatic carbocycles. The maximum atomic E-state index is 12.2. The van der Waals surface area contributed by atoms with E-state index in [1.165, 1.54) is 0 Å². The number of aryl methyl sites for hydroxylation is 1. The van der Waals surface area contributed by atoms with Crippen LogP contribution in [0.2, 0.25) is 0 Å². The summed E-state index contributed by atoms with van der Waals surface area (Å²) in [7, 11) is 0. The number of carbonyl (C=O) groups excluding carboxylic acids is 1. The molecule has 5 heteroatoms. The molecule has 1 amide bonds. The van der Waals surface area contributed by atoms with E-state index in [1.54, 1.807) is 12.1 Å². The zero-order valence-corrected chi connectivity index (χ0v) is 13.4. The Balaban J connectivity index is 2.28. The van der Waals surface area contributed by atoms with Gasteiger partial charge in [-0.05, 0) is 64.8 Å². The summed E-state index contributed by atoms with van der Waals surface area (Å²) in [6.07, 6.45) is 0. The van der Waals surface area contributed by atoms with E-state index in [4.69, 9.17) is 5.73 Å². The molecule has 0 saturated carbocycles. The third-order valence-electron chi connectivity index (χ3n) is 2.54. The summed E-state index contributed by atoms with van der Waals surface area (Å²) in [6, 6.07) is 10.9. The highest BCUT2D eigenvalue weighted by Crippen LogP contribution is 2.26. The number of carbonyl (C=O) groups is 1. The summed E-state index contributed by atoms with van der Waals surface area (Å²) in [6.45, 7) is 1.90. The molecule has 98 valence electrons. The molecule has 3 N–H and O–H groups in total. The molecule has 0 aliphatic heterocycles. The summed E-state index contributed by atoms with van der Waals surface area (Å²) in [5.74, 6) is -0.186. The average Bonchev–Trinajstić information content (AvgIpc) is 2.32. The number of hydrogen-bond donors (Lipinski definition) is 2. The number of amides is 1. The summed E-state index contributed by atoms with van der Waals surface area (Å²) in [4.78, 5) is 12.2. The maximum absolute atomic E-state index is 12.2. The predicted octanol–water partition coefficient (Wildman–Crippen LogP) is 4.35. The number of anilines is 2. The molecule has 0 heterocycles. The second-order valence-electron chi connectivity index (χ2n) is 4.21. The minimum absolute atomic E-state index is 0.186. The van der Waals surface area contributed by atoms with Crippen LogP contribution in [0.5, 0.6) is 0 Å². The van der Waals surface area contributed by atoms with Gasteiger partial charge in [0.25, 0.3) is 5.91 Å². The molecule has 2 rings (SSSR count). The van der Waals surface area contributed by atoms with Gasteiger partial charge in [0, 0.05) is 20.2 Å². The second-order valence-corrected chi connectivity index (χ2v) is 5.98. The van der Waals surface area contributed by atoms with Crippen molar-refractivity contribution in [3.8, 4) is 0 Å². The first-order chi connectivity index (χ1) is 8.95. The van der Waals surface area contributed by atoms with E-state index in [0.29, 0.717) is 16.9 Å². The van der Waals surface area contributed by atoms with Gasteiger partial charge in [-0.2, -0.15) is 0 Å². The lowest BCUT2D eigenvalue weighted by molar-refractivity contribution is 0.102. The van der Waals surface area contributed by atoms with Crippen molar-refractivity contribution in [2.45, 2.75) is 6.92 Å². The predicted molar refractivity (Wildman–Crippen MR) is 85.4 cm³/mol. The number of nitrogens with two attached hydrogens (primary N) is 1. The fraction of sp³-hybridized carbons (Fsp3) is 0.0714. The molecule has 0 bridgehead atoms. The molecule has 2 aromatic rings. The van der Waals surface area contributed by atoms with Crippen LogP contribution in [0.1, 0.15) is 15.9 Å². The van der Waals surface area contributed by atoms with Crippen molar-refractivity contribution >= 4 is 49.1 Å². The third-order valence-corrected chi connectivity index (χ3v) is 3.72. The highest BCUT2D eigenvalue weighted by atomic mass is 79.9. The van der Waals surface area contributed by atoms with Crippen LogP contribution in [0, 0.1) is 6.92 Å². The first-order valence-corrected chi connectivity index (χ1v) is 7.18. The summed E-state index contributed by atoms with van der Waals surface area (Å²) in [5.41, 5.74) is 8.54. The molecule has 0 aromatic heterocycles. The van der Waals surface area contributed by atoms with Crippen LogP contribution in [0.15, 0.2) is 45.3 Å². The minimum atomic E-state index is -0.186. The Labute approximate surface area is 128 Å². The highest BCUT2D eigenvalue weighted by molar-refractivity contribution is 9.11. The normalized spacial score (nSPS) is 10.3. The third kappa shape index (κ3) is 3.58. The molecular weight excluding hydrogens is 372 g/mol. The highest BCUT2D eigenvalue weighted by Gasteiger charge is 2.09. The minimum Gasteiger partial charge on any atom is -0.399 e. The molecule has 0 unspecified atom stereocenters. The molecule has 19 heavy (non-hydrogen) atoms. The van der Waals surface area contributed by atoms with Gasteiger partial charge in [-0.15, -0.1) is 0 Å². The van der Waals surface area contributed by atoms with E-state index in [0.717, 1.165) is 14.5 Å². The van der Waals surface area contributed by atoms with Crippen LogP contribution in [0.25, 0.3) is 0 Å². The van der Waals surface area contributed by atoms with E-state index in [1.807, 2.05) is 31.2 Å². The summed E-state index contributed by atoms with van der Waals surface area (Å²) >= 11 is 6.77. The van der Waals surface area contributed by atoms with E-state index in [-0.39, 0.29) is 5.91 Å². The second kappa shape index (κ2) is 5.75. The number of rotatable bonds is 2. The lowest BCUT2D eigenvalue weighted by Gasteiger charge is -2.09. The first kappa shape index (κ1) is 14.1. The van der Waals surface area contributed by atoms with Crippen molar-refractivity contribution < 1.29 is 4.79 Å². The molecule has 0 atom stereocenters. The average molecular weight is 384 g/mol. The molecule has 0 radical (unpaired) electrons. The molecular formula is C14H12Br2N2O. The monoisotopic (exact) mass is 382 g/mol. The van der Waals surface area contributed by atoms with Gasteiger partial charge in [0.2, 0.25) is 0 Å². The zero-order chi connectivity index (χ0) is 14.0. The topological polar surface area (TPSA) is 55.1 Å². The van der Waals surface area contributed by atoms with E-state index in [9.17, 15) is 4.79 Å². The number of nitrogens with one attached hydrogen (secondary N) is 1. The van der Waals surface area contributed by atoms with Crippen LogP contribution in [-0.2, 0) is 0 Å². The van der Waals surface area contributed by atoms with Gasteiger partial charge in [-0.1, -0.05) is 15.9 Å². The Morgan fingerprint density at radius 1 is 1.16 bits per heavy atom. The Hall–Kier alpha value is -1.33. The molecule has 3 nitrogen and oxygen atoms in total. The molecule has 0 spiro atoms. The fourth-order valence-electron chi connectivity index (χ4n) is 1.73. The summed E-state index contributed by atoms with van der Waals surface area (Å²) < 4.78 is 1.72. The summed E-state index contributed by atoms with van der Waals surface area (Å²) in [5, 5.41) is 2.85. The number of benzene rings is 2. The molecule has 0 saturated heterocycles. The van der Waals surface area contributed by atoms with Crippen molar-refractivity contribution in [2.75, 3.05) is 11.1 Å². The van der Waals surface area contributed by atoms with Gasteiger partial charge in [-0.3, -0.25) is 4.79 Å². The van der Waals surface area contributed by atoms with Crippen molar-refractivity contribution in [3.05, 3.63) is 56.5 Å². The first-order valence-electron chi connectivity index (χ1n) is 5.59. The van der Waals surface area contributed by atoms with Crippen LogP contribution < -0.4 is 11.1 Å². The molecule has 0 aliphatic rings. The van der Waals surface area contributed by atoms with E-state index < -0.39 is 0 Å². The SMILES string of the molecule is Cc1cc(N)cc(C(=O)Nc2cc(Br)ccc2Br)c1. The maximum Gasteiger partial charge on any atom is 0.255 e. The zero-order valence-electron chi connectivity index (χ0n) is 10.2. The Kier molecular flexibility index (Phi) is 4.27. The fourth-order valence-corrected chi connectivity index (χ4v) is 2.44. The van der Waals surface area contributed by atoms with Crippen molar-refractivity contribution in [1.82, 2.24) is 0 Å². The van der Waals surface area contributed by atoms with Crippen molar-refractivity contribution in [3.63, 3.8) is 0 Å². The van der Waals surface area contributed by atoms with Crippen LogP contribution in [0.3, 0.4) is 0 Å². The Morgan fingerprint density at radius 2 is 1.89 bits per heavy atom. The van der Waals surface area contributed by atoms with Gasteiger partial charge < -0.3 is 11.1 Å². The van der Waals surface area contributed by atoms with Crippen LogP contribution in [-0.4, -0.2) is 5.91 Å². The lowest BCUT2D eigenvalue weighted by Crippen LogP contribution is -2.13. The molecule has 0 fully saturated rings. The standard InChI is InChI=1S/C14H12Br2N2O/c1-8-4-9(6-11(17)5-8)14(19)18-13-7-10(15)2-3-12(13)16/h2-7H,17H2,1H3,(H,18,19). The lowest BCUT2D eigenvalue weighted by atomic mass is 10.1.